The second kappa shape index (κ2) is 8.08. The van der Waals surface area contributed by atoms with Gasteiger partial charge in [0.25, 0.3) is 0 Å². The topological polar surface area (TPSA) is 67.4 Å². The summed E-state index contributed by atoms with van der Waals surface area (Å²) >= 11 is 0. The molecule has 0 heterocycles. The lowest BCUT2D eigenvalue weighted by molar-refractivity contribution is -0.143. The molecule has 0 aromatic carbocycles. The summed E-state index contributed by atoms with van der Waals surface area (Å²) in [7, 11) is 1.36. The fraction of sp³-hybridized carbons (Fsp3) is 0.846. The number of carbonyl (C=O) groups excluding carboxylic acids is 2. The second-order valence-electron chi connectivity index (χ2n) is 5.40. The second-order valence-corrected chi connectivity index (χ2v) is 5.40. The Labute approximate surface area is 110 Å². The lowest BCUT2D eigenvalue weighted by Crippen LogP contribution is -2.48. The molecule has 0 spiro atoms. The zero-order valence-electron chi connectivity index (χ0n) is 12.1. The molecule has 0 rings (SSSR count). The fourth-order valence-corrected chi connectivity index (χ4v) is 1.53. The predicted octanol–water partition coefficient (Wildman–Crippen LogP) is 1.22. The van der Waals surface area contributed by atoms with Gasteiger partial charge >= 0.3 is 5.97 Å². The minimum atomic E-state index is -0.402. The van der Waals surface area contributed by atoms with E-state index in [0.29, 0.717) is 6.42 Å². The van der Waals surface area contributed by atoms with E-state index in [1.807, 2.05) is 20.8 Å². The van der Waals surface area contributed by atoms with Gasteiger partial charge in [0, 0.05) is 5.54 Å². The van der Waals surface area contributed by atoms with Crippen LogP contribution in [0.15, 0.2) is 0 Å². The van der Waals surface area contributed by atoms with E-state index in [1.165, 1.54) is 7.11 Å². The third-order valence-corrected chi connectivity index (χ3v) is 2.36. The Morgan fingerprint density at radius 2 is 1.89 bits per heavy atom. The van der Waals surface area contributed by atoms with Crippen molar-refractivity contribution in [3.8, 4) is 0 Å². The van der Waals surface area contributed by atoms with E-state index in [9.17, 15) is 9.59 Å². The molecular weight excluding hydrogens is 232 g/mol. The highest BCUT2D eigenvalue weighted by Crippen LogP contribution is 2.02. The van der Waals surface area contributed by atoms with Gasteiger partial charge in [-0.05, 0) is 27.2 Å². The smallest absolute Gasteiger partial charge is 0.322 e. The maximum Gasteiger partial charge on any atom is 0.322 e. The number of esters is 1. The molecule has 0 aliphatic carbocycles. The number of amides is 1. The molecule has 106 valence electrons. The van der Waals surface area contributed by atoms with Gasteiger partial charge in [-0.2, -0.15) is 0 Å². The largest absolute Gasteiger partial charge is 0.468 e. The van der Waals surface area contributed by atoms with Gasteiger partial charge < -0.3 is 10.1 Å². The Hall–Kier alpha value is -1.10. The highest BCUT2D eigenvalue weighted by molar-refractivity contribution is 5.80. The Morgan fingerprint density at radius 1 is 1.28 bits per heavy atom. The van der Waals surface area contributed by atoms with Gasteiger partial charge in [0.1, 0.15) is 6.04 Å². The maximum absolute atomic E-state index is 11.6. The zero-order valence-corrected chi connectivity index (χ0v) is 12.1. The first-order chi connectivity index (χ1) is 8.30. The van der Waals surface area contributed by atoms with Crippen LogP contribution in [0.5, 0.6) is 0 Å². The molecule has 5 nitrogen and oxygen atoms in total. The van der Waals surface area contributed by atoms with E-state index < -0.39 is 6.04 Å². The number of carbonyl (C=O) groups is 2. The number of rotatable bonds is 7. The van der Waals surface area contributed by atoms with Gasteiger partial charge in [-0.1, -0.05) is 19.8 Å². The molecule has 0 aliphatic rings. The van der Waals surface area contributed by atoms with E-state index in [2.05, 4.69) is 17.6 Å². The van der Waals surface area contributed by atoms with Crippen molar-refractivity contribution in [1.82, 2.24) is 10.6 Å². The van der Waals surface area contributed by atoms with Crippen molar-refractivity contribution >= 4 is 11.9 Å². The summed E-state index contributed by atoms with van der Waals surface area (Å²) in [5, 5.41) is 5.77. The third-order valence-electron chi connectivity index (χ3n) is 2.36. The van der Waals surface area contributed by atoms with Gasteiger partial charge in [-0.25, -0.2) is 0 Å². The average molecular weight is 258 g/mol. The molecule has 1 unspecified atom stereocenters. The molecule has 1 amide bonds. The molecule has 1 atom stereocenters. The van der Waals surface area contributed by atoms with E-state index >= 15 is 0 Å². The summed E-state index contributed by atoms with van der Waals surface area (Å²) in [6.07, 6.45) is 2.61. The summed E-state index contributed by atoms with van der Waals surface area (Å²) in [5.74, 6) is -0.431. The van der Waals surface area contributed by atoms with Crippen LogP contribution in [-0.2, 0) is 14.3 Å². The van der Waals surface area contributed by atoms with Crippen LogP contribution in [-0.4, -0.2) is 37.1 Å². The number of nitrogens with one attached hydrogen (secondary N) is 2. The van der Waals surface area contributed by atoms with Crippen LogP contribution in [0.25, 0.3) is 0 Å². The SMILES string of the molecule is CCCCC(NCC(=O)NC(C)(C)C)C(=O)OC. The highest BCUT2D eigenvalue weighted by atomic mass is 16.5. The van der Waals surface area contributed by atoms with Crippen molar-refractivity contribution in [3.05, 3.63) is 0 Å². The molecule has 18 heavy (non-hydrogen) atoms. The van der Waals surface area contributed by atoms with Crippen LogP contribution in [0.3, 0.4) is 0 Å². The standard InChI is InChI=1S/C13H26N2O3/c1-6-7-8-10(12(17)18-5)14-9-11(16)15-13(2,3)4/h10,14H,6-9H2,1-5H3,(H,15,16). The maximum atomic E-state index is 11.6. The van der Waals surface area contributed by atoms with Crippen LogP contribution in [0, 0.1) is 0 Å². The fourth-order valence-electron chi connectivity index (χ4n) is 1.53. The molecule has 0 saturated heterocycles. The van der Waals surface area contributed by atoms with Gasteiger partial charge in [0.2, 0.25) is 5.91 Å². The first-order valence-electron chi connectivity index (χ1n) is 6.42. The van der Waals surface area contributed by atoms with E-state index in [0.717, 1.165) is 12.8 Å². The van der Waals surface area contributed by atoms with Crippen molar-refractivity contribution in [2.24, 2.45) is 0 Å². The predicted molar refractivity (Wildman–Crippen MR) is 71.2 cm³/mol. The molecule has 0 aromatic heterocycles. The van der Waals surface area contributed by atoms with Gasteiger partial charge in [0.15, 0.2) is 0 Å². The lowest BCUT2D eigenvalue weighted by Gasteiger charge is -2.22. The minimum absolute atomic E-state index is 0.118. The van der Waals surface area contributed by atoms with Gasteiger partial charge in [0.05, 0.1) is 13.7 Å². The molecule has 0 aliphatic heterocycles. The summed E-state index contributed by atoms with van der Waals surface area (Å²) in [6.45, 7) is 7.93. The molecular formula is C13H26N2O3. The molecule has 0 bridgehead atoms. The molecule has 2 N–H and O–H groups in total. The molecule has 0 fully saturated rings. The number of methoxy groups -OCH3 is 1. The summed E-state index contributed by atoms with van der Waals surface area (Å²) in [4.78, 5) is 23.1. The first-order valence-corrected chi connectivity index (χ1v) is 6.42. The van der Waals surface area contributed by atoms with Crippen LogP contribution in [0.4, 0.5) is 0 Å². The number of ether oxygens (including phenoxy) is 1. The van der Waals surface area contributed by atoms with Crippen molar-refractivity contribution in [3.63, 3.8) is 0 Å². The van der Waals surface area contributed by atoms with Crippen molar-refractivity contribution in [1.29, 1.82) is 0 Å². The number of hydrogen-bond donors (Lipinski definition) is 2. The van der Waals surface area contributed by atoms with E-state index in [4.69, 9.17) is 4.74 Å². The number of unbranched alkanes of at least 4 members (excludes halogenated alkanes) is 1. The number of hydrogen-bond acceptors (Lipinski definition) is 4. The Balaban J connectivity index is 4.17. The normalized spacial score (nSPS) is 12.9. The van der Waals surface area contributed by atoms with Crippen molar-refractivity contribution in [2.75, 3.05) is 13.7 Å². The molecule has 0 saturated carbocycles. The molecule has 0 aromatic rings. The average Bonchev–Trinajstić information content (AvgIpc) is 2.26. The molecule has 5 heteroatoms. The summed E-state index contributed by atoms with van der Waals surface area (Å²) in [6, 6.07) is -0.402. The van der Waals surface area contributed by atoms with E-state index in [1.54, 1.807) is 0 Å². The minimum Gasteiger partial charge on any atom is -0.468 e. The van der Waals surface area contributed by atoms with Crippen molar-refractivity contribution < 1.29 is 14.3 Å². The lowest BCUT2D eigenvalue weighted by atomic mass is 10.1. The van der Waals surface area contributed by atoms with Crippen LogP contribution < -0.4 is 10.6 Å². The quantitative estimate of drug-likeness (QED) is 0.674. The zero-order chi connectivity index (χ0) is 14.2. The van der Waals surface area contributed by atoms with Gasteiger partial charge in [-0.3, -0.25) is 14.9 Å². The van der Waals surface area contributed by atoms with Gasteiger partial charge in [-0.15, -0.1) is 0 Å². The van der Waals surface area contributed by atoms with Crippen LogP contribution >= 0.6 is 0 Å². The summed E-state index contributed by atoms with van der Waals surface area (Å²) < 4.78 is 4.71. The Morgan fingerprint density at radius 3 is 2.33 bits per heavy atom. The Kier molecular flexibility index (Phi) is 7.59. The van der Waals surface area contributed by atoms with Crippen LogP contribution in [0.1, 0.15) is 47.0 Å². The third kappa shape index (κ3) is 8.06. The Bertz CT molecular complexity index is 272. The van der Waals surface area contributed by atoms with E-state index in [-0.39, 0.29) is 24.0 Å². The first kappa shape index (κ1) is 16.9. The molecule has 0 radical (unpaired) electrons. The van der Waals surface area contributed by atoms with Crippen LogP contribution in [0.2, 0.25) is 0 Å². The highest BCUT2D eigenvalue weighted by Gasteiger charge is 2.20. The monoisotopic (exact) mass is 258 g/mol. The van der Waals surface area contributed by atoms with Crippen molar-refractivity contribution in [2.45, 2.75) is 58.5 Å². The summed E-state index contributed by atoms with van der Waals surface area (Å²) in [5.41, 5.74) is -0.261.